The molecule has 118 valence electrons. The first-order chi connectivity index (χ1) is 10.6. The van der Waals surface area contributed by atoms with Gasteiger partial charge in [0.15, 0.2) is 11.5 Å². The topological polar surface area (TPSA) is 76.1 Å². The van der Waals surface area contributed by atoms with Crippen LogP contribution in [0.3, 0.4) is 0 Å². The van der Waals surface area contributed by atoms with E-state index in [1.54, 1.807) is 11.0 Å². The van der Waals surface area contributed by atoms with E-state index in [9.17, 15) is 14.7 Å². The molecule has 0 spiro atoms. The lowest BCUT2D eigenvalue weighted by Gasteiger charge is -2.16. The molecular formula is C15H17NO5S. The number of hydrogen-bond acceptors (Lipinski definition) is 5. The van der Waals surface area contributed by atoms with Crippen LogP contribution in [0.25, 0.3) is 0 Å². The second-order valence-electron chi connectivity index (χ2n) is 5.40. The molecule has 1 aromatic carbocycles. The van der Waals surface area contributed by atoms with Crippen LogP contribution in [-0.2, 0) is 9.59 Å². The van der Waals surface area contributed by atoms with Crippen molar-refractivity contribution in [3.63, 3.8) is 0 Å². The summed E-state index contributed by atoms with van der Waals surface area (Å²) in [6.45, 7) is 0.869. The van der Waals surface area contributed by atoms with Gasteiger partial charge in [-0.3, -0.25) is 9.59 Å². The number of benzene rings is 1. The summed E-state index contributed by atoms with van der Waals surface area (Å²) in [5.74, 6) is -0.0206. The van der Waals surface area contributed by atoms with E-state index in [4.69, 9.17) is 9.47 Å². The van der Waals surface area contributed by atoms with Gasteiger partial charge in [-0.1, -0.05) is 6.07 Å². The molecule has 2 aliphatic rings. The van der Waals surface area contributed by atoms with E-state index in [1.165, 1.54) is 11.8 Å². The van der Waals surface area contributed by atoms with Gasteiger partial charge in [0.2, 0.25) is 12.7 Å². The van der Waals surface area contributed by atoms with Gasteiger partial charge >= 0.3 is 5.97 Å². The summed E-state index contributed by atoms with van der Waals surface area (Å²) >= 11 is 1.44. The van der Waals surface area contributed by atoms with Crippen LogP contribution in [0.5, 0.6) is 11.5 Å². The van der Waals surface area contributed by atoms with Gasteiger partial charge in [0.25, 0.3) is 0 Å². The van der Waals surface area contributed by atoms with Gasteiger partial charge in [0.05, 0.1) is 11.7 Å². The molecule has 0 radical (unpaired) electrons. The Balaban J connectivity index is 1.84. The van der Waals surface area contributed by atoms with E-state index in [0.29, 0.717) is 23.8 Å². The van der Waals surface area contributed by atoms with Crippen LogP contribution in [0.1, 0.15) is 11.5 Å². The highest BCUT2D eigenvalue weighted by molar-refractivity contribution is 7.99. The molecule has 2 heterocycles. The van der Waals surface area contributed by atoms with Crippen molar-refractivity contribution in [1.82, 2.24) is 4.90 Å². The molecule has 6 nitrogen and oxygen atoms in total. The van der Waals surface area contributed by atoms with Gasteiger partial charge in [0, 0.05) is 19.0 Å². The first kappa shape index (κ1) is 15.0. The van der Waals surface area contributed by atoms with Crippen molar-refractivity contribution >= 4 is 23.6 Å². The number of likely N-dealkylation sites (tertiary alicyclic amines) is 1. The molecule has 0 saturated carbocycles. The second kappa shape index (κ2) is 6.08. The smallest absolute Gasteiger partial charge is 0.308 e. The summed E-state index contributed by atoms with van der Waals surface area (Å²) in [5.41, 5.74) is 0.871. The predicted octanol–water partition coefficient (Wildman–Crippen LogP) is 1.40. The van der Waals surface area contributed by atoms with Crippen molar-refractivity contribution in [2.75, 3.05) is 31.9 Å². The third-order valence-electron chi connectivity index (χ3n) is 4.08. The zero-order valence-electron chi connectivity index (χ0n) is 12.2. The summed E-state index contributed by atoms with van der Waals surface area (Å²) in [6.07, 6.45) is 1.86. The van der Waals surface area contributed by atoms with Crippen molar-refractivity contribution in [1.29, 1.82) is 0 Å². The lowest BCUT2D eigenvalue weighted by Crippen LogP contribution is -2.31. The van der Waals surface area contributed by atoms with Crippen LogP contribution >= 0.6 is 11.8 Å². The Morgan fingerprint density at radius 2 is 2.09 bits per heavy atom. The van der Waals surface area contributed by atoms with Crippen molar-refractivity contribution in [2.24, 2.45) is 5.92 Å². The highest BCUT2D eigenvalue weighted by Gasteiger charge is 2.40. The molecule has 1 fully saturated rings. The summed E-state index contributed by atoms with van der Waals surface area (Å²) < 4.78 is 10.6. The van der Waals surface area contributed by atoms with Crippen LogP contribution in [0.4, 0.5) is 0 Å². The zero-order chi connectivity index (χ0) is 15.7. The maximum absolute atomic E-state index is 12.0. The third kappa shape index (κ3) is 2.72. The number of carbonyl (C=O) groups excluding carboxylic acids is 1. The van der Waals surface area contributed by atoms with Crippen molar-refractivity contribution in [2.45, 2.75) is 5.92 Å². The van der Waals surface area contributed by atoms with Crippen LogP contribution < -0.4 is 9.47 Å². The SMILES string of the molecule is CSCC(=O)N1C[C@@H](C(=O)O)[C@H](c2ccc3c(c2)OCO3)C1. The molecule has 0 aromatic heterocycles. The largest absolute Gasteiger partial charge is 0.481 e. The molecule has 0 bridgehead atoms. The standard InChI is InChI=1S/C15H17NO5S/c1-22-7-14(17)16-5-10(11(6-16)15(18)19)9-2-3-12-13(4-9)21-8-20-12/h2-4,10-11H,5-8H2,1H3,(H,18,19)/t10-,11+/m0/s1. The molecule has 0 aliphatic carbocycles. The fourth-order valence-corrected chi connectivity index (χ4v) is 3.38. The van der Waals surface area contributed by atoms with Gasteiger partial charge < -0.3 is 19.5 Å². The highest BCUT2D eigenvalue weighted by Crippen LogP contribution is 2.39. The third-order valence-corrected chi connectivity index (χ3v) is 4.62. The first-order valence-electron chi connectivity index (χ1n) is 6.99. The summed E-state index contributed by atoms with van der Waals surface area (Å²) in [7, 11) is 0. The Morgan fingerprint density at radius 1 is 1.32 bits per heavy atom. The lowest BCUT2D eigenvalue weighted by molar-refractivity contribution is -0.141. The van der Waals surface area contributed by atoms with Crippen LogP contribution in [0.15, 0.2) is 18.2 Å². The molecule has 1 aromatic rings. The molecule has 1 N–H and O–H groups in total. The summed E-state index contributed by atoms with van der Waals surface area (Å²) in [6, 6.07) is 5.48. The second-order valence-corrected chi connectivity index (χ2v) is 6.26. The Labute approximate surface area is 132 Å². The number of amides is 1. The number of carboxylic acids is 1. The average Bonchev–Trinajstić information content (AvgIpc) is 3.13. The number of fused-ring (bicyclic) bond motifs is 1. The number of hydrogen-bond donors (Lipinski definition) is 1. The van der Waals surface area contributed by atoms with Crippen LogP contribution in [0, 0.1) is 5.92 Å². The average molecular weight is 323 g/mol. The monoisotopic (exact) mass is 323 g/mol. The van der Waals surface area contributed by atoms with Crippen molar-refractivity contribution in [3.8, 4) is 11.5 Å². The van der Waals surface area contributed by atoms with E-state index < -0.39 is 11.9 Å². The van der Waals surface area contributed by atoms with Crippen molar-refractivity contribution in [3.05, 3.63) is 23.8 Å². The lowest BCUT2D eigenvalue weighted by atomic mass is 9.89. The summed E-state index contributed by atoms with van der Waals surface area (Å²) in [4.78, 5) is 25.2. The Bertz CT molecular complexity index is 606. The molecule has 2 atom stereocenters. The summed E-state index contributed by atoms with van der Waals surface area (Å²) in [5, 5.41) is 9.47. The zero-order valence-corrected chi connectivity index (χ0v) is 13.0. The number of rotatable bonds is 4. The number of aliphatic carboxylic acids is 1. The van der Waals surface area contributed by atoms with E-state index >= 15 is 0 Å². The molecule has 22 heavy (non-hydrogen) atoms. The molecule has 3 rings (SSSR count). The van der Waals surface area contributed by atoms with Gasteiger partial charge in [-0.15, -0.1) is 0 Å². The number of ether oxygens (including phenoxy) is 2. The minimum absolute atomic E-state index is 0.0120. The normalized spacial score (nSPS) is 22.9. The van der Waals surface area contributed by atoms with Gasteiger partial charge in [-0.25, -0.2) is 0 Å². The van der Waals surface area contributed by atoms with E-state index in [-0.39, 0.29) is 25.2 Å². The molecule has 2 aliphatic heterocycles. The van der Waals surface area contributed by atoms with Gasteiger partial charge in [-0.05, 0) is 24.0 Å². The minimum Gasteiger partial charge on any atom is -0.481 e. The molecular weight excluding hydrogens is 306 g/mol. The van der Waals surface area contributed by atoms with Crippen LogP contribution in [0.2, 0.25) is 0 Å². The fourth-order valence-electron chi connectivity index (χ4n) is 2.95. The quantitative estimate of drug-likeness (QED) is 0.903. The molecule has 1 saturated heterocycles. The van der Waals surface area contributed by atoms with E-state index in [1.807, 2.05) is 18.4 Å². The molecule has 7 heteroatoms. The van der Waals surface area contributed by atoms with Crippen LogP contribution in [-0.4, -0.2) is 53.8 Å². The van der Waals surface area contributed by atoms with Gasteiger partial charge in [-0.2, -0.15) is 11.8 Å². The predicted molar refractivity (Wildman–Crippen MR) is 81.4 cm³/mol. The number of carboxylic acid groups (broad SMARTS) is 1. The number of carbonyl (C=O) groups is 2. The molecule has 1 amide bonds. The number of nitrogens with zero attached hydrogens (tertiary/aromatic N) is 1. The Morgan fingerprint density at radius 3 is 2.82 bits per heavy atom. The molecule has 0 unspecified atom stereocenters. The minimum atomic E-state index is -0.873. The van der Waals surface area contributed by atoms with Crippen molar-refractivity contribution < 1.29 is 24.2 Å². The highest BCUT2D eigenvalue weighted by atomic mass is 32.2. The first-order valence-corrected chi connectivity index (χ1v) is 8.38. The van der Waals surface area contributed by atoms with E-state index in [0.717, 1.165) is 5.56 Å². The fraction of sp³-hybridized carbons (Fsp3) is 0.467. The Kier molecular flexibility index (Phi) is 4.15. The van der Waals surface area contributed by atoms with Gasteiger partial charge in [0.1, 0.15) is 0 Å². The maximum Gasteiger partial charge on any atom is 0.308 e. The Hall–Kier alpha value is -1.89. The maximum atomic E-state index is 12.0. The number of thioether (sulfide) groups is 1. The van der Waals surface area contributed by atoms with E-state index in [2.05, 4.69) is 0 Å².